The first-order chi connectivity index (χ1) is 6.97. The van der Waals surface area contributed by atoms with Gasteiger partial charge in [-0.1, -0.05) is 0 Å². The zero-order valence-corrected chi connectivity index (χ0v) is 8.62. The van der Waals surface area contributed by atoms with Crippen molar-refractivity contribution in [2.24, 2.45) is 0 Å². The van der Waals surface area contributed by atoms with Crippen molar-refractivity contribution < 1.29 is 19.8 Å². The van der Waals surface area contributed by atoms with Gasteiger partial charge in [-0.2, -0.15) is 0 Å². The Bertz CT molecular complexity index is 263. The van der Waals surface area contributed by atoms with Crippen molar-refractivity contribution in [3.8, 4) is 0 Å². The van der Waals surface area contributed by atoms with Crippen LogP contribution in [0.2, 0.25) is 0 Å². The van der Waals surface area contributed by atoms with Crippen molar-refractivity contribution in [2.45, 2.75) is 37.8 Å². The Morgan fingerprint density at radius 2 is 2.07 bits per heavy atom. The van der Waals surface area contributed by atoms with Crippen molar-refractivity contribution in [3.05, 3.63) is 0 Å². The monoisotopic (exact) mass is 216 g/mol. The van der Waals surface area contributed by atoms with E-state index in [1.165, 1.54) is 0 Å². The predicted octanol–water partition coefficient (Wildman–Crippen LogP) is -0.326. The average Bonchev–Trinajstić information content (AvgIpc) is 2.11. The van der Waals surface area contributed by atoms with E-state index in [4.69, 9.17) is 10.2 Å². The minimum absolute atomic E-state index is 0.220. The third kappa shape index (κ3) is 3.09. The van der Waals surface area contributed by atoms with Crippen LogP contribution >= 0.6 is 0 Å². The van der Waals surface area contributed by atoms with Gasteiger partial charge in [0.1, 0.15) is 0 Å². The molecule has 4 N–H and O–H groups in total. The number of rotatable bonds is 4. The summed E-state index contributed by atoms with van der Waals surface area (Å²) in [7, 11) is 0. The fourth-order valence-electron chi connectivity index (χ4n) is 1.49. The summed E-state index contributed by atoms with van der Waals surface area (Å²) in [6.07, 6.45) is 2.87. The van der Waals surface area contributed by atoms with Gasteiger partial charge in [0.15, 0.2) is 6.04 Å². The molecular formula is C9H16N2O4. The Balaban J connectivity index is 2.37. The molecule has 0 aromatic heterocycles. The molecule has 0 radical (unpaired) electrons. The number of nitrogens with one attached hydrogen (secondary N) is 2. The van der Waals surface area contributed by atoms with Crippen LogP contribution in [0.3, 0.4) is 0 Å². The summed E-state index contributed by atoms with van der Waals surface area (Å²) >= 11 is 0. The molecule has 0 heterocycles. The summed E-state index contributed by atoms with van der Waals surface area (Å²) in [6.45, 7) is 1.30. The summed E-state index contributed by atoms with van der Waals surface area (Å²) < 4.78 is 0. The number of aliphatic hydroxyl groups is 1. The number of carbonyl (C=O) groups is 2. The second-order valence-corrected chi connectivity index (χ2v) is 4.09. The molecule has 0 unspecified atom stereocenters. The standard InChI is InChI=1S/C9H16N2O4/c1-9(3-2-4-9)11-8(15)10-6(5-12)7(13)14/h6,12H,2-5H2,1H3,(H,13,14)(H2,10,11,15)/t6-/m0/s1. The summed E-state index contributed by atoms with van der Waals surface area (Å²) in [5.74, 6) is -1.24. The van der Waals surface area contributed by atoms with Crippen LogP contribution in [0.5, 0.6) is 0 Å². The van der Waals surface area contributed by atoms with E-state index in [1.807, 2.05) is 6.92 Å². The third-order valence-corrected chi connectivity index (χ3v) is 2.66. The normalized spacial score (nSPS) is 19.9. The SMILES string of the molecule is CC1(NC(=O)N[C@@H](CO)C(=O)O)CCC1. The van der Waals surface area contributed by atoms with Gasteiger partial charge in [0.25, 0.3) is 0 Å². The van der Waals surface area contributed by atoms with Gasteiger partial charge in [0, 0.05) is 5.54 Å². The first kappa shape index (κ1) is 11.8. The molecule has 0 saturated heterocycles. The number of carboxylic acid groups (broad SMARTS) is 1. The van der Waals surface area contributed by atoms with Crippen molar-refractivity contribution in [3.63, 3.8) is 0 Å². The lowest BCUT2D eigenvalue weighted by Crippen LogP contribution is -2.57. The molecular weight excluding hydrogens is 200 g/mol. The first-order valence-electron chi connectivity index (χ1n) is 4.89. The van der Waals surface area contributed by atoms with E-state index in [-0.39, 0.29) is 5.54 Å². The Hall–Kier alpha value is -1.30. The zero-order chi connectivity index (χ0) is 11.5. The zero-order valence-electron chi connectivity index (χ0n) is 8.62. The molecule has 86 valence electrons. The van der Waals surface area contributed by atoms with Gasteiger partial charge < -0.3 is 20.8 Å². The van der Waals surface area contributed by atoms with Crippen molar-refractivity contribution in [1.29, 1.82) is 0 Å². The molecule has 0 bridgehead atoms. The average molecular weight is 216 g/mol. The number of urea groups is 1. The predicted molar refractivity (Wildman–Crippen MR) is 52.4 cm³/mol. The molecule has 2 amide bonds. The molecule has 0 aromatic carbocycles. The fraction of sp³-hybridized carbons (Fsp3) is 0.778. The highest BCUT2D eigenvalue weighted by molar-refractivity contribution is 5.83. The minimum atomic E-state index is -1.24. The number of hydrogen-bond acceptors (Lipinski definition) is 3. The van der Waals surface area contributed by atoms with E-state index in [9.17, 15) is 9.59 Å². The summed E-state index contributed by atoms with van der Waals surface area (Å²) in [5, 5.41) is 22.2. The van der Waals surface area contributed by atoms with Crippen molar-refractivity contribution >= 4 is 12.0 Å². The second kappa shape index (κ2) is 4.48. The van der Waals surface area contributed by atoms with Crippen LogP contribution in [0, 0.1) is 0 Å². The van der Waals surface area contributed by atoms with Gasteiger partial charge in [-0.25, -0.2) is 9.59 Å². The van der Waals surface area contributed by atoms with E-state index in [0.29, 0.717) is 0 Å². The van der Waals surface area contributed by atoms with Crippen LogP contribution in [-0.2, 0) is 4.79 Å². The largest absolute Gasteiger partial charge is 0.480 e. The van der Waals surface area contributed by atoms with Gasteiger partial charge in [-0.15, -0.1) is 0 Å². The smallest absolute Gasteiger partial charge is 0.328 e. The van der Waals surface area contributed by atoms with Crippen LogP contribution in [0.1, 0.15) is 26.2 Å². The van der Waals surface area contributed by atoms with Crippen LogP contribution in [0.25, 0.3) is 0 Å². The Morgan fingerprint density at radius 1 is 1.47 bits per heavy atom. The molecule has 1 aliphatic rings. The van der Waals surface area contributed by atoms with Gasteiger partial charge in [0.05, 0.1) is 6.61 Å². The van der Waals surface area contributed by atoms with Crippen LogP contribution in [0.15, 0.2) is 0 Å². The van der Waals surface area contributed by atoms with Crippen LogP contribution < -0.4 is 10.6 Å². The van der Waals surface area contributed by atoms with Gasteiger partial charge in [-0.3, -0.25) is 0 Å². The molecule has 1 fully saturated rings. The molecule has 1 rings (SSSR count). The van der Waals surface area contributed by atoms with Gasteiger partial charge in [-0.05, 0) is 26.2 Å². The van der Waals surface area contributed by atoms with Gasteiger partial charge in [0.2, 0.25) is 0 Å². The van der Waals surface area contributed by atoms with Crippen molar-refractivity contribution in [1.82, 2.24) is 10.6 Å². The second-order valence-electron chi connectivity index (χ2n) is 4.09. The molecule has 0 aliphatic heterocycles. The van der Waals surface area contributed by atoms with Crippen LogP contribution in [0.4, 0.5) is 4.79 Å². The maximum atomic E-state index is 11.3. The van der Waals surface area contributed by atoms with Crippen molar-refractivity contribution in [2.75, 3.05) is 6.61 Å². The molecule has 15 heavy (non-hydrogen) atoms. The molecule has 0 aromatic rings. The summed E-state index contributed by atoms with van der Waals surface area (Å²) in [5.41, 5.74) is -0.220. The summed E-state index contributed by atoms with van der Waals surface area (Å²) in [4.78, 5) is 21.8. The maximum absolute atomic E-state index is 11.3. The molecule has 1 saturated carbocycles. The highest BCUT2D eigenvalue weighted by atomic mass is 16.4. The number of hydrogen-bond donors (Lipinski definition) is 4. The Kier molecular flexibility index (Phi) is 3.52. The van der Waals surface area contributed by atoms with Gasteiger partial charge >= 0.3 is 12.0 Å². The van der Waals surface area contributed by atoms with E-state index in [1.54, 1.807) is 0 Å². The maximum Gasteiger partial charge on any atom is 0.328 e. The number of carbonyl (C=O) groups excluding carboxylic acids is 1. The number of amides is 2. The van der Waals surface area contributed by atoms with E-state index < -0.39 is 24.6 Å². The van der Waals surface area contributed by atoms with Crippen LogP contribution in [-0.4, -0.2) is 40.4 Å². The third-order valence-electron chi connectivity index (χ3n) is 2.66. The van der Waals surface area contributed by atoms with E-state index in [0.717, 1.165) is 19.3 Å². The minimum Gasteiger partial charge on any atom is -0.480 e. The lowest BCUT2D eigenvalue weighted by molar-refractivity contribution is -0.140. The highest BCUT2D eigenvalue weighted by Gasteiger charge is 2.33. The quantitative estimate of drug-likeness (QED) is 0.517. The molecule has 1 aliphatic carbocycles. The molecule has 1 atom stereocenters. The van der Waals surface area contributed by atoms with E-state index in [2.05, 4.69) is 10.6 Å². The number of aliphatic carboxylic acids is 1. The fourth-order valence-corrected chi connectivity index (χ4v) is 1.49. The molecule has 6 heteroatoms. The lowest BCUT2D eigenvalue weighted by atomic mass is 9.79. The van der Waals surface area contributed by atoms with E-state index >= 15 is 0 Å². The topological polar surface area (TPSA) is 98.7 Å². The Labute approximate surface area is 87.7 Å². The number of aliphatic hydroxyl groups excluding tert-OH is 1. The lowest BCUT2D eigenvalue weighted by Gasteiger charge is -2.39. The molecule has 0 spiro atoms. The summed E-state index contributed by atoms with van der Waals surface area (Å²) in [6, 6.07) is -1.78. The highest BCUT2D eigenvalue weighted by Crippen LogP contribution is 2.30. The molecule has 6 nitrogen and oxygen atoms in total. The Morgan fingerprint density at radius 3 is 2.40 bits per heavy atom. The first-order valence-corrected chi connectivity index (χ1v) is 4.89. The number of carboxylic acids is 1.